The van der Waals surface area contributed by atoms with Crippen molar-refractivity contribution in [2.24, 2.45) is 0 Å². The lowest BCUT2D eigenvalue weighted by Crippen LogP contribution is -2.55. The van der Waals surface area contributed by atoms with Crippen molar-refractivity contribution >= 4 is 12.4 Å². The molecule has 0 bridgehead atoms. The Balaban J connectivity index is 0.00000242. The quantitative estimate of drug-likeness (QED) is 0.887. The van der Waals surface area contributed by atoms with Gasteiger partial charge >= 0.3 is 6.18 Å². The first-order valence-electron chi connectivity index (χ1n) is 7.49. The average molecular weight is 337 g/mol. The van der Waals surface area contributed by atoms with Gasteiger partial charge in [-0.25, -0.2) is 0 Å². The second-order valence-electron chi connectivity index (χ2n) is 5.90. The highest BCUT2D eigenvalue weighted by Crippen LogP contribution is 2.32. The highest BCUT2D eigenvalue weighted by Gasteiger charge is 2.32. The van der Waals surface area contributed by atoms with E-state index in [-0.39, 0.29) is 18.4 Å². The topological polar surface area (TPSA) is 15.3 Å². The van der Waals surface area contributed by atoms with Crippen LogP contribution in [-0.2, 0) is 6.18 Å². The fourth-order valence-corrected chi connectivity index (χ4v) is 3.04. The number of nitrogens with one attached hydrogen (secondary N) is 1. The molecule has 22 heavy (non-hydrogen) atoms. The smallest absolute Gasteiger partial charge is 0.311 e. The molecular weight excluding hydrogens is 313 g/mol. The summed E-state index contributed by atoms with van der Waals surface area (Å²) in [5.41, 5.74) is 0.384. The van der Waals surface area contributed by atoms with Crippen LogP contribution in [0.4, 0.5) is 13.2 Å². The number of hydrogen-bond acceptors (Lipinski definition) is 2. The molecule has 0 aliphatic carbocycles. The van der Waals surface area contributed by atoms with Crippen LogP contribution in [0.1, 0.15) is 44.4 Å². The Bertz CT molecular complexity index is 461. The molecule has 0 spiro atoms. The van der Waals surface area contributed by atoms with Crippen LogP contribution in [0, 0.1) is 0 Å². The van der Waals surface area contributed by atoms with E-state index in [0.29, 0.717) is 12.1 Å². The monoisotopic (exact) mass is 336 g/mol. The second-order valence-corrected chi connectivity index (χ2v) is 5.90. The summed E-state index contributed by atoms with van der Waals surface area (Å²) in [5.74, 6) is 0. The molecule has 0 aromatic heterocycles. The molecule has 0 amide bonds. The molecule has 1 N–H and O–H groups in total. The molecule has 6 heteroatoms. The number of hydrogen-bond donors (Lipinski definition) is 1. The minimum absolute atomic E-state index is 0. The van der Waals surface area contributed by atoms with Crippen molar-refractivity contribution in [1.82, 2.24) is 10.2 Å². The number of piperazine rings is 1. The van der Waals surface area contributed by atoms with Crippen LogP contribution in [0.3, 0.4) is 0 Å². The van der Waals surface area contributed by atoms with Crippen molar-refractivity contribution in [3.63, 3.8) is 0 Å². The largest absolute Gasteiger partial charge is 0.416 e. The Morgan fingerprint density at radius 1 is 1.23 bits per heavy atom. The lowest BCUT2D eigenvalue weighted by atomic mass is 9.97. The first kappa shape index (κ1) is 19.3. The van der Waals surface area contributed by atoms with Gasteiger partial charge in [0.1, 0.15) is 0 Å². The molecule has 0 radical (unpaired) electrons. The van der Waals surface area contributed by atoms with Crippen LogP contribution in [-0.4, -0.2) is 30.1 Å². The molecule has 1 aliphatic rings. The van der Waals surface area contributed by atoms with Crippen LogP contribution in [0.15, 0.2) is 24.3 Å². The zero-order valence-corrected chi connectivity index (χ0v) is 14.0. The Kier molecular flexibility index (Phi) is 6.71. The lowest BCUT2D eigenvalue weighted by molar-refractivity contribution is -0.137. The fourth-order valence-electron chi connectivity index (χ4n) is 3.04. The maximum absolute atomic E-state index is 12.7. The van der Waals surface area contributed by atoms with E-state index in [2.05, 4.69) is 31.0 Å². The van der Waals surface area contributed by atoms with Gasteiger partial charge < -0.3 is 5.32 Å². The summed E-state index contributed by atoms with van der Waals surface area (Å²) in [6, 6.07) is 6.58. The van der Waals surface area contributed by atoms with Crippen molar-refractivity contribution in [3.05, 3.63) is 35.4 Å². The van der Waals surface area contributed by atoms with Gasteiger partial charge in [0, 0.05) is 31.2 Å². The normalized spacial score (nSPS) is 24.6. The molecule has 1 aromatic rings. The Morgan fingerprint density at radius 3 is 2.32 bits per heavy atom. The van der Waals surface area contributed by atoms with Crippen LogP contribution in [0.25, 0.3) is 0 Å². The van der Waals surface area contributed by atoms with Gasteiger partial charge in [-0.3, -0.25) is 4.90 Å². The summed E-state index contributed by atoms with van der Waals surface area (Å²) in [6.45, 7) is 8.21. The molecule has 1 aliphatic heterocycles. The minimum Gasteiger partial charge on any atom is -0.311 e. The van der Waals surface area contributed by atoms with Crippen molar-refractivity contribution in [1.29, 1.82) is 0 Å². The van der Waals surface area contributed by atoms with Gasteiger partial charge in [-0.15, -0.1) is 12.4 Å². The van der Waals surface area contributed by atoms with Crippen LogP contribution >= 0.6 is 12.4 Å². The highest BCUT2D eigenvalue weighted by molar-refractivity contribution is 5.85. The number of alkyl halides is 3. The summed E-state index contributed by atoms with van der Waals surface area (Å²) in [4.78, 5) is 2.39. The van der Waals surface area contributed by atoms with Gasteiger partial charge in [0.25, 0.3) is 0 Å². The van der Waals surface area contributed by atoms with Crippen molar-refractivity contribution in [2.45, 2.75) is 51.5 Å². The minimum atomic E-state index is -4.27. The van der Waals surface area contributed by atoms with Crippen LogP contribution < -0.4 is 5.32 Å². The van der Waals surface area contributed by atoms with E-state index in [1.165, 1.54) is 12.1 Å². The predicted molar refractivity (Wildman–Crippen MR) is 85.4 cm³/mol. The molecule has 1 aromatic carbocycles. The van der Waals surface area contributed by atoms with E-state index < -0.39 is 11.7 Å². The molecule has 1 saturated heterocycles. The van der Waals surface area contributed by atoms with E-state index in [4.69, 9.17) is 0 Å². The summed E-state index contributed by atoms with van der Waals surface area (Å²) in [7, 11) is 0. The van der Waals surface area contributed by atoms with Crippen molar-refractivity contribution in [3.8, 4) is 0 Å². The van der Waals surface area contributed by atoms with E-state index in [0.717, 1.165) is 25.1 Å². The zero-order valence-electron chi connectivity index (χ0n) is 13.2. The van der Waals surface area contributed by atoms with Gasteiger partial charge in [-0.2, -0.15) is 13.2 Å². The molecule has 2 nitrogen and oxygen atoms in total. The fraction of sp³-hybridized carbons (Fsp3) is 0.625. The maximum Gasteiger partial charge on any atom is 0.416 e. The molecule has 0 saturated carbocycles. The van der Waals surface area contributed by atoms with E-state index >= 15 is 0 Å². The SMILES string of the molecule is CCC(c1ccc(C(F)(F)F)cc1)N1C[C@H](C)NC[C@H]1C.Cl. The van der Waals surface area contributed by atoms with Gasteiger partial charge in [0.15, 0.2) is 0 Å². The molecule has 1 unspecified atom stereocenters. The number of benzene rings is 1. The third kappa shape index (κ3) is 4.37. The van der Waals surface area contributed by atoms with Gasteiger partial charge in [0.05, 0.1) is 5.56 Å². The summed E-state index contributed by atoms with van der Waals surface area (Å²) < 4.78 is 38.0. The highest BCUT2D eigenvalue weighted by atomic mass is 35.5. The predicted octanol–water partition coefficient (Wildman–Crippen LogP) is 4.26. The summed E-state index contributed by atoms with van der Waals surface area (Å²) >= 11 is 0. The van der Waals surface area contributed by atoms with Crippen molar-refractivity contribution < 1.29 is 13.2 Å². The molecule has 126 valence electrons. The zero-order chi connectivity index (χ0) is 15.6. The summed E-state index contributed by atoms with van der Waals surface area (Å²) in [5, 5.41) is 3.43. The third-order valence-corrected chi connectivity index (χ3v) is 4.22. The van der Waals surface area contributed by atoms with Gasteiger partial charge in [-0.05, 0) is 38.0 Å². The maximum atomic E-state index is 12.7. The molecule has 2 rings (SSSR count). The van der Waals surface area contributed by atoms with Gasteiger partial charge in [0.2, 0.25) is 0 Å². The van der Waals surface area contributed by atoms with E-state index in [1.807, 2.05) is 0 Å². The first-order chi connectivity index (χ1) is 9.82. The Morgan fingerprint density at radius 2 is 1.82 bits per heavy atom. The summed E-state index contributed by atoms with van der Waals surface area (Å²) in [6.07, 6.45) is -3.38. The van der Waals surface area contributed by atoms with Crippen LogP contribution in [0.2, 0.25) is 0 Å². The molecule has 1 fully saturated rings. The Hall–Kier alpha value is -0.780. The third-order valence-electron chi connectivity index (χ3n) is 4.22. The van der Waals surface area contributed by atoms with Crippen molar-refractivity contribution in [2.75, 3.05) is 13.1 Å². The first-order valence-corrected chi connectivity index (χ1v) is 7.49. The van der Waals surface area contributed by atoms with E-state index in [1.54, 1.807) is 12.1 Å². The number of halogens is 4. The van der Waals surface area contributed by atoms with Gasteiger partial charge in [-0.1, -0.05) is 19.1 Å². The number of rotatable bonds is 3. The van der Waals surface area contributed by atoms with Crippen LogP contribution in [0.5, 0.6) is 0 Å². The molecular formula is C16H24ClF3N2. The molecule has 1 heterocycles. The second kappa shape index (κ2) is 7.66. The standard InChI is InChI=1S/C16H23F3N2.ClH/c1-4-15(21-10-11(2)20-9-12(21)3)13-5-7-14(8-6-13)16(17,18)19;/h5-8,11-12,15,20H,4,9-10H2,1-3H3;1H/t11-,12+,15?;/m0./s1. The molecule has 3 atom stereocenters. The van der Waals surface area contributed by atoms with E-state index in [9.17, 15) is 13.2 Å². The Labute approximate surface area is 136 Å². The number of nitrogens with zero attached hydrogens (tertiary/aromatic N) is 1. The lowest BCUT2D eigenvalue weighted by Gasteiger charge is -2.42. The average Bonchev–Trinajstić information content (AvgIpc) is 2.43.